The van der Waals surface area contributed by atoms with Crippen LogP contribution < -0.4 is 0 Å². The standard InChI is InChI=1S/C31H48O2/c1-3-5-7-9-11-12-14-16-22-27(21-15-13-10-8-6-4-2)30(31(32)33)29-25-19-23-26-20-17-18-24-28(26)29/h17-20,23-25,27,30H,3-16,21-22H2,1-2H3,(H,32,33). The van der Waals surface area contributed by atoms with E-state index in [0.29, 0.717) is 0 Å². The SMILES string of the molecule is CCCCCCCCCCC(CCCCCCCC)C(C(=O)O)c1cccc2ccccc12. The van der Waals surface area contributed by atoms with Crippen molar-refractivity contribution in [3.63, 3.8) is 0 Å². The molecule has 2 nitrogen and oxygen atoms in total. The van der Waals surface area contributed by atoms with Crippen LogP contribution in [0.1, 0.15) is 128 Å². The largest absolute Gasteiger partial charge is 0.481 e. The van der Waals surface area contributed by atoms with Crippen molar-refractivity contribution in [2.75, 3.05) is 0 Å². The van der Waals surface area contributed by atoms with E-state index in [1.807, 2.05) is 18.2 Å². The molecule has 0 fully saturated rings. The molecule has 184 valence electrons. The summed E-state index contributed by atoms with van der Waals surface area (Å²) >= 11 is 0. The van der Waals surface area contributed by atoms with Crippen LogP contribution in [0, 0.1) is 5.92 Å². The van der Waals surface area contributed by atoms with Gasteiger partial charge in [0.1, 0.15) is 0 Å². The molecule has 0 saturated carbocycles. The Kier molecular flexibility index (Phi) is 13.9. The van der Waals surface area contributed by atoms with Gasteiger partial charge in [-0.2, -0.15) is 0 Å². The van der Waals surface area contributed by atoms with E-state index in [1.54, 1.807) is 0 Å². The highest BCUT2D eigenvalue weighted by Gasteiger charge is 2.30. The molecule has 0 bridgehead atoms. The third-order valence-electron chi connectivity index (χ3n) is 7.25. The van der Waals surface area contributed by atoms with Crippen molar-refractivity contribution in [2.24, 2.45) is 5.92 Å². The predicted octanol–water partition coefficient (Wildman–Crippen LogP) is 9.91. The van der Waals surface area contributed by atoms with Gasteiger partial charge < -0.3 is 5.11 Å². The Hall–Kier alpha value is -1.83. The molecule has 2 rings (SSSR count). The van der Waals surface area contributed by atoms with Gasteiger partial charge in [0.15, 0.2) is 0 Å². The van der Waals surface area contributed by atoms with Gasteiger partial charge in [-0.1, -0.05) is 146 Å². The normalized spacial score (nSPS) is 13.3. The van der Waals surface area contributed by atoms with Crippen LogP contribution in [0.4, 0.5) is 0 Å². The lowest BCUT2D eigenvalue weighted by Gasteiger charge is -2.26. The maximum absolute atomic E-state index is 12.6. The third kappa shape index (κ3) is 9.90. The van der Waals surface area contributed by atoms with Crippen LogP contribution >= 0.6 is 0 Å². The van der Waals surface area contributed by atoms with E-state index in [9.17, 15) is 9.90 Å². The van der Waals surface area contributed by atoms with Crippen LogP contribution in [0.25, 0.3) is 10.8 Å². The minimum Gasteiger partial charge on any atom is -0.481 e. The zero-order valence-electron chi connectivity index (χ0n) is 21.4. The molecule has 2 unspecified atom stereocenters. The maximum Gasteiger partial charge on any atom is 0.311 e. The van der Waals surface area contributed by atoms with Crippen molar-refractivity contribution >= 4 is 16.7 Å². The summed E-state index contributed by atoms with van der Waals surface area (Å²) in [6, 6.07) is 14.5. The van der Waals surface area contributed by atoms with Crippen molar-refractivity contribution in [2.45, 2.75) is 122 Å². The maximum atomic E-state index is 12.6. The molecule has 0 heterocycles. The molecule has 0 radical (unpaired) electrons. The van der Waals surface area contributed by atoms with Crippen molar-refractivity contribution in [3.8, 4) is 0 Å². The first-order valence-electron chi connectivity index (χ1n) is 13.9. The van der Waals surface area contributed by atoms with E-state index >= 15 is 0 Å². The highest BCUT2D eigenvalue weighted by Crippen LogP contribution is 2.37. The third-order valence-corrected chi connectivity index (χ3v) is 7.25. The molecule has 0 aliphatic heterocycles. The Bertz CT molecular complexity index is 776. The van der Waals surface area contributed by atoms with E-state index in [0.717, 1.165) is 42.0 Å². The number of rotatable bonds is 19. The van der Waals surface area contributed by atoms with Crippen LogP contribution in [-0.2, 0) is 4.79 Å². The Morgan fingerprint density at radius 3 is 1.70 bits per heavy atom. The fraction of sp³-hybridized carbons (Fsp3) is 0.645. The second-order valence-electron chi connectivity index (χ2n) is 9.96. The molecule has 0 aliphatic carbocycles. The summed E-state index contributed by atoms with van der Waals surface area (Å²) in [5.41, 5.74) is 1.01. The molecular formula is C31H48O2. The lowest BCUT2D eigenvalue weighted by Crippen LogP contribution is -2.22. The Morgan fingerprint density at radius 2 is 1.15 bits per heavy atom. The van der Waals surface area contributed by atoms with Crippen LogP contribution in [-0.4, -0.2) is 11.1 Å². The highest BCUT2D eigenvalue weighted by molar-refractivity contribution is 5.90. The number of unbranched alkanes of at least 4 members (excludes halogenated alkanes) is 12. The van der Waals surface area contributed by atoms with Gasteiger partial charge in [-0.15, -0.1) is 0 Å². The number of aliphatic carboxylic acids is 1. The average molecular weight is 453 g/mol. The van der Waals surface area contributed by atoms with Crippen molar-refractivity contribution in [3.05, 3.63) is 48.0 Å². The molecule has 0 amide bonds. The van der Waals surface area contributed by atoms with E-state index in [4.69, 9.17) is 0 Å². The van der Waals surface area contributed by atoms with Gasteiger partial charge in [0.2, 0.25) is 0 Å². The van der Waals surface area contributed by atoms with Gasteiger partial charge >= 0.3 is 5.97 Å². The molecule has 1 N–H and O–H groups in total. The van der Waals surface area contributed by atoms with Crippen molar-refractivity contribution in [1.82, 2.24) is 0 Å². The first kappa shape index (κ1) is 27.4. The molecule has 0 aromatic heterocycles. The first-order chi connectivity index (χ1) is 16.2. The molecule has 2 atom stereocenters. The number of carbonyl (C=O) groups is 1. The van der Waals surface area contributed by atoms with Crippen LogP contribution in [0.2, 0.25) is 0 Å². The molecule has 0 spiro atoms. The Labute approximate surface area is 203 Å². The number of hydrogen-bond acceptors (Lipinski definition) is 1. The minimum absolute atomic E-state index is 0.222. The van der Waals surface area contributed by atoms with E-state index < -0.39 is 11.9 Å². The lowest BCUT2D eigenvalue weighted by molar-refractivity contribution is -0.140. The summed E-state index contributed by atoms with van der Waals surface area (Å²) in [5.74, 6) is -0.835. The van der Waals surface area contributed by atoms with Crippen molar-refractivity contribution in [1.29, 1.82) is 0 Å². The lowest BCUT2D eigenvalue weighted by atomic mass is 9.78. The van der Waals surface area contributed by atoms with Gasteiger partial charge in [-0.05, 0) is 35.1 Å². The molecule has 33 heavy (non-hydrogen) atoms. The Balaban J connectivity index is 2.04. The number of carboxylic acids is 1. The second kappa shape index (κ2) is 16.7. The van der Waals surface area contributed by atoms with Gasteiger partial charge in [-0.25, -0.2) is 0 Å². The number of carboxylic acid groups (broad SMARTS) is 1. The molecular weight excluding hydrogens is 404 g/mol. The number of hydrogen-bond donors (Lipinski definition) is 1. The summed E-state index contributed by atoms with van der Waals surface area (Å²) in [4.78, 5) is 12.6. The summed E-state index contributed by atoms with van der Waals surface area (Å²) in [7, 11) is 0. The van der Waals surface area contributed by atoms with Gasteiger partial charge in [0, 0.05) is 0 Å². The fourth-order valence-corrected chi connectivity index (χ4v) is 5.32. The predicted molar refractivity (Wildman–Crippen MR) is 143 cm³/mol. The minimum atomic E-state index is -0.651. The smallest absolute Gasteiger partial charge is 0.311 e. The first-order valence-corrected chi connectivity index (χ1v) is 13.9. The molecule has 2 heteroatoms. The molecule has 0 saturated heterocycles. The molecule has 2 aromatic carbocycles. The fourth-order valence-electron chi connectivity index (χ4n) is 5.32. The van der Waals surface area contributed by atoms with Crippen LogP contribution in [0.5, 0.6) is 0 Å². The topological polar surface area (TPSA) is 37.3 Å². The van der Waals surface area contributed by atoms with Gasteiger partial charge in [0.25, 0.3) is 0 Å². The number of fused-ring (bicyclic) bond motifs is 1. The van der Waals surface area contributed by atoms with E-state index in [1.165, 1.54) is 77.0 Å². The second-order valence-corrected chi connectivity index (χ2v) is 9.96. The quantitative estimate of drug-likeness (QED) is 0.215. The zero-order valence-corrected chi connectivity index (χ0v) is 21.4. The van der Waals surface area contributed by atoms with Crippen molar-refractivity contribution < 1.29 is 9.90 Å². The monoisotopic (exact) mass is 452 g/mol. The highest BCUT2D eigenvalue weighted by atomic mass is 16.4. The molecule has 2 aromatic rings. The van der Waals surface area contributed by atoms with E-state index in [2.05, 4.69) is 38.1 Å². The van der Waals surface area contributed by atoms with Crippen LogP contribution in [0.15, 0.2) is 42.5 Å². The zero-order chi connectivity index (χ0) is 23.7. The average Bonchev–Trinajstić information content (AvgIpc) is 2.82. The van der Waals surface area contributed by atoms with Gasteiger partial charge in [-0.3, -0.25) is 4.79 Å². The summed E-state index contributed by atoms with van der Waals surface area (Å²) in [5, 5.41) is 12.6. The summed E-state index contributed by atoms with van der Waals surface area (Å²) in [6.45, 7) is 4.51. The summed E-state index contributed by atoms with van der Waals surface area (Å²) in [6.07, 6.45) is 20.0. The van der Waals surface area contributed by atoms with Gasteiger partial charge in [0.05, 0.1) is 5.92 Å². The Morgan fingerprint density at radius 1 is 0.667 bits per heavy atom. The van der Waals surface area contributed by atoms with E-state index in [-0.39, 0.29) is 5.92 Å². The molecule has 0 aliphatic rings. The summed E-state index contributed by atoms with van der Waals surface area (Å²) < 4.78 is 0. The van der Waals surface area contributed by atoms with Crippen LogP contribution in [0.3, 0.4) is 0 Å². The number of benzene rings is 2.